The number of amides is 1. The second-order valence-corrected chi connectivity index (χ2v) is 6.03. The molecular formula is C16H15BrN4O2. The molecule has 23 heavy (non-hydrogen) atoms. The van der Waals surface area contributed by atoms with Crippen LogP contribution in [0.4, 0.5) is 5.69 Å². The largest absolute Gasteiger partial charge is 0.324 e. The van der Waals surface area contributed by atoms with E-state index in [1.165, 1.54) is 0 Å². The van der Waals surface area contributed by atoms with Crippen molar-refractivity contribution >= 4 is 27.5 Å². The number of anilines is 1. The number of rotatable bonds is 3. The van der Waals surface area contributed by atoms with Gasteiger partial charge in [0.25, 0.3) is 5.56 Å². The first-order chi connectivity index (χ1) is 10.8. The highest BCUT2D eigenvalue weighted by molar-refractivity contribution is 9.10. The Morgan fingerprint density at radius 3 is 2.70 bits per heavy atom. The van der Waals surface area contributed by atoms with Crippen LogP contribution in [0.1, 0.15) is 22.4 Å². The number of aryl methyl sites for hydroxylation is 2. The van der Waals surface area contributed by atoms with Crippen molar-refractivity contribution in [1.29, 1.82) is 5.26 Å². The number of carbonyl (C=O) groups excluding carboxylic acids is 1. The Balaban J connectivity index is 2.24. The van der Waals surface area contributed by atoms with E-state index in [0.717, 1.165) is 14.7 Å². The predicted octanol–water partition coefficient (Wildman–Crippen LogP) is 2.44. The summed E-state index contributed by atoms with van der Waals surface area (Å²) in [5.41, 5.74) is 2.21. The van der Waals surface area contributed by atoms with Gasteiger partial charge in [-0.25, -0.2) is 4.68 Å². The van der Waals surface area contributed by atoms with Crippen molar-refractivity contribution in [3.63, 3.8) is 0 Å². The van der Waals surface area contributed by atoms with Crippen LogP contribution in [-0.4, -0.2) is 15.7 Å². The first kappa shape index (κ1) is 16.9. The highest BCUT2D eigenvalue weighted by atomic mass is 79.9. The third kappa shape index (κ3) is 3.66. The van der Waals surface area contributed by atoms with Gasteiger partial charge in [0.2, 0.25) is 5.91 Å². The van der Waals surface area contributed by atoms with E-state index in [2.05, 4.69) is 26.3 Å². The molecule has 118 valence electrons. The second-order valence-electron chi connectivity index (χ2n) is 5.17. The fourth-order valence-electron chi connectivity index (χ4n) is 2.02. The van der Waals surface area contributed by atoms with E-state index in [9.17, 15) is 9.59 Å². The van der Waals surface area contributed by atoms with Crippen LogP contribution in [-0.2, 0) is 11.3 Å². The summed E-state index contributed by atoms with van der Waals surface area (Å²) in [5.74, 6) is -0.387. The second kappa shape index (κ2) is 6.75. The number of halogens is 1. The van der Waals surface area contributed by atoms with Gasteiger partial charge in [-0.05, 0) is 44.0 Å². The van der Waals surface area contributed by atoms with Gasteiger partial charge in [0.15, 0.2) is 0 Å². The van der Waals surface area contributed by atoms with Crippen LogP contribution >= 0.6 is 15.9 Å². The zero-order valence-electron chi connectivity index (χ0n) is 13.0. The number of aromatic nitrogens is 2. The first-order valence-corrected chi connectivity index (χ1v) is 7.67. The molecule has 0 aliphatic heterocycles. The molecule has 0 saturated heterocycles. The van der Waals surface area contributed by atoms with Crippen molar-refractivity contribution in [1.82, 2.24) is 9.78 Å². The summed E-state index contributed by atoms with van der Waals surface area (Å²) in [6.07, 6.45) is 0. The van der Waals surface area contributed by atoms with Crippen molar-refractivity contribution in [2.75, 3.05) is 5.32 Å². The molecule has 1 amide bonds. The van der Waals surface area contributed by atoms with Crippen molar-refractivity contribution in [3.8, 4) is 6.07 Å². The van der Waals surface area contributed by atoms with Crippen LogP contribution in [0.2, 0.25) is 0 Å². The van der Waals surface area contributed by atoms with E-state index in [0.29, 0.717) is 16.9 Å². The molecule has 0 spiro atoms. The summed E-state index contributed by atoms with van der Waals surface area (Å²) < 4.78 is 1.89. The third-order valence-corrected chi connectivity index (χ3v) is 4.35. The van der Waals surface area contributed by atoms with E-state index < -0.39 is 5.56 Å². The van der Waals surface area contributed by atoms with Gasteiger partial charge in [-0.15, -0.1) is 0 Å². The monoisotopic (exact) mass is 374 g/mol. The summed E-state index contributed by atoms with van der Waals surface area (Å²) >= 11 is 3.40. The molecule has 1 aromatic heterocycles. The Morgan fingerprint density at radius 1 is 1.39 bits per heavy atom. The minimum atomic E-state index is -0.559. The SMILES string of the molecule is Cc1ccc(NC(=O)Cn2nc(C)c(C)c(C#N)c2=O)cc1Br. The summed E-state index contributed by atoms with van der Waals surface area (Å²) in [4.78, 5) is 24.3. The van der Waals surface area contributed by atoms with Crippen LogP contribution in [0.3, 0.4) is 0 Å². The van der Waals surface area contributed by atoms with Gasteiger partial charge in [0.05, 0.1) is 5.69 Å². The van der Waals surface area contributed by atoms with Crippen molar-refractivity contribution in [3.05, 3.63) is 55.4 Å². The van der Waals surface area contributed by atoms with E-state index in [1.54, 1.807) is 26.0 Å². The average molecular weight is 375 g/mol. The summed E-state index contributed by atoms with van der Waals surface area (Å²) in [7, 11) is 0. The van der Waals surface area contributed by atoms with E-state index in [-0.39, 0.29) is 18.0 Å². The predicted molar refractivity (Wildman–Crippen MR) is 90.2 cm³/mol. The maximum Gasteiger partial charge on any atom is 0.285 e. The van der Waals surface area contributed by atoms with Crippen LogP contribution in [0, 0.1) is 32.1 Å². The maximum atomic E-state index is 12.2. The molecule has 2 rings (SSSR count). The van der Waals surface area contributed by atoms with Gasteiger partial charge < -0.3 is 5.32 Å². The summed E-state index contributed by atoms with van der Waals surface area (Å²) in [6.45, 7) is 5.05. The van der Waals surface area contributed by atoms with Crippen LogP contribution < -0.4 is 10.9 Å². The van der Waals surface area contributed by atoms with Gasteiger partial charge in [0.1, 0.15) is 18.2 Å². The highest BCUT2D eigenvalue weighted by Gasteiger charge is 2.14. The zero-order valence-corrected chi connectivity index (χ0v) is 14.6. The molecule has 0 radical (unpaired) electrons. The minimum Gasteiger partial charge on any atom is -0.324 e. The van der Waals surface area contributed by atoms with Gasteiger partial charge in [0, 0.05) is 10.2 Å². The molecule has 0 unspecified atom stereocenters. The molecule has 0 fully saturated rings. The van der Waals surface area contributed by atoms with Crippen molar-refractivity contribution in [2.45, 2.75) is 27.3 Å². The van der Waals surface area contributed by atoms with Gasteiger partial charge >= 0.3 is 0 Å². The van der Waals surface area contributed by atoms with Crippen LogP contribution in [0.15, 0.2) is 27.5 Å². The zero-order chi connectivity index (χ0) is 17.1. The lowest BCUT2D eigenvalue weighted by Crippen LogP contribution is -2.32. The molecule has 2 aromatic rings. The Kier molecular flexibility index (Phi) is 4.96. The lowest BCUT2D eigenvalue weighted by molar-refractivity contribution is -0.117. The number of carbonyl (C=O) groups is 1. The molecule has 0 aliphatic rings. The smallest absolute Gasteiger partial charge is 0.285 e. The first-order valence-electron chi connectivity index (χ1n) is 6.88. The molecule has 1 heterocycles. The van der Waals surface area contributed by atoms with Gasteiger partial charge in [-0.3, -0.25) is 9.59 Å². The fourth-order valence-corrected chi connectivity index (χ4v) is 2.40. The molecule has 1 N–H and O–H groups in total. The van der Waals surface area contributed by atoms with Crippen LogP contribution in [0.5, 0.6) is 0 Å². The number of nitrogens with one attached hydrogen (secondary N) is 1. The van der Waals surface area contributed by atoms with Crippen molar-refractivity contribution < 1.29 is 4.79 Å². The van der Waals surface area contributed by atoms with Gasteiger partial charge in [-0.2, -0.15) is 10.4 Å². The Hall–Kier alpha value is -2.46. The van der Waals surface area contributed by atoms with Crippen molar-refractivity contribution in [2.24, 2.45) is 0 Å². The number of nitriles is 1. The molecule has 6 nitrogen and oxygen atoms in total. The lowest BCUT2D eigenvalue weighted by atomic mass is 10.1. The maximum absolute atomic E-state index is 12.2. The Morgan fingerprint density at radius 2 is 2.09 bits per heavy atom. The number of nitrogens with zero attached hydrogens (tertiary/aromatic N) is 3. The summed E-state index contributed by atoms with van der Waals surface area (Å²) in [6, 6.07) is 7.29. The third-order valence-electron chi connectivity index (χ3n) is 3.50. The molecule has 7 heteroatoms. The van der Waals surface area contributed by atoms with E-state index in [1.807, 2.05) is 19.1 Å². The molecular weight excluding hydrogens is 360 g/mol. The molecule has 1 aromatic carbocycles. The molecule has 0 atom stereocenters. The minimum absolute atomic E-state index is 0.0170. The van der Waals surface area contributed by atoms with E-state index >= 15 is 0 Å². The molecule has 0 aliphatic carbocycles. The highest BCUT2D eigenvalue weighted by Crippen LogP contribution is 2.20. The number of hydrogen-bond donors (Lipinski definition) is 1. The van der Waals surface area contributed by atoms with Gasteiger partial charge in [-0.1, -0.05) is 22.0 Å². The topological polar surface area (TPSA) is 87.8 Å². The normalized spacial score (nSPS) is 10.2. The quantitative estimate of drug-likeness (QED) is 0.893. The molecule has 0 saturated carbocycles. The Labute approximate surface area is 141 Å². The molecule has 0 bridgehead atoms. The lowest BCUT2D eigenvalue weighted by Gasteiger charge is -2.10. The Bertz CT molecular complexity index is 881. The summed E-state index contributed by atoms with van der Waals surface area (Å²) in [5, 5.41) is 15.9. The standard InChI is InChI=1S/C16H15BrN4O2/c1-9-4-5-12(6-14(9)17)19-15(22)8-21-16(23)13(7-18)10(2)11(3)20-21/h4-6H,8H2,1-3H3,(H,19,22). The average Bonchev–Trinajstić information content (AvgIpc) is 2.49. The fraction of sp³-hybridized carbons (Fsp3) is 0.250. The number of benzene rings is 1. The number of hydrogen-bond acceptors (Lipinski definition) is 4. The van der Waals surface area contributed by atoms with E-state index in [4.69, 9.17) is 5.26 Å². The van der Waals surface area contributed by atoms with Crippen LogP contribution in [0.25, 0.3) is 0 Å².